The first-order valence-corrected chi connectivity index (χ1v) is 7.99. The second-order valence-corrected chi connectivity index (χ2v) is 5.51. The van der Waals surface area contributed by atoms with Gasteiger partial charge in [0.2, 0.25) is 5.91 Å². The second-order valence-electron chi connectivity index (χ2n) is 5.51. The largest absolute Gasteiger partial charge is 0.496 e. The Labute approximate surface area is 142 Å². The summed E-state index contributed by atoms with van der Waals surface area (Å²) in [5, 5.41) is 12.2. The number of nitrogens with zero attached hydrogens (tertiary/aromatic N) is 1. The number of amides is 1. The standard InChI is InChI=1S/C19H24N2O3/c1-15(17-10-6-7-11-18(17)24-2)20-19(23)14-21(12-13-22)16-8-4-3-5-9-16/h3-11,15,22H,12-14H2,1-2H3,(H,20,23). The number of benzene rings is 2. The lowest BCUT2D eigenvalue weighted by Gasteiger charge is -2.25. The van der Waals surface area contributed by atoms with E-state index in [1.54, 1.807) is 7.11 Å². The summed E-state index contributed by atoms with van der Waals surface area (Å²) < 4.78 is 5.34. The molecule has 0 heterocycles. The first-order valence-electron chi connectivity index (χ1n) is 7.99. The monoisotopic (exact) mass is 328 g/mol. The van der Waals surface area contributed by atoms with Gasteiger partial charge in [-0.1, -0.05) is 36.4 Å². The maximum Gasteiger partial charge on any atom is 0.239 e. The van der Waals surface area contributed by atoms with E-state index in [1.165, 1.54) is 0 Å². The molecule has 5 heteroatoms. The Morgan fingerprint density at radius 3 is 2.50 bits per heavy atom. The zero-order valence-corrected chi connectivity index (χ0v) is 14.1. The van der Waals surface area contributed by atoms with Gasteiger partial charge in [0.15, 0.2) is 0 Å². The Hall–Kier alpha value is -2.53. The molecule has 24 heavy (non-hydrogen) atoms. The Morgan fingerprint density at radius 1 is 1.17 bits per heavy atom. The van der Waals surface area contributed by atoms with Crippen LogP contribution in [-0.2, 0) is 4.79 Å². The van der Waals surface area contributed by atoms with Crippen LogP contribution in [0.5, 0.6) is 5.75 Å². The van der Waals surface area contributed by atoms with Crippen LogP contribution in [-0.4, -0.2) is 37.8 Å². The van der Waals surface area contributed by atoms with Crippen LogP contribution in [0.3, 0.4) is 0 Å². The average Bonchev–Trinajstić information content (AvgIpc) is 2.62. The summed E-state index contributed by atoms with van der Waals surface area (Å²) in [6, 6.07) is 17.1. The van der Waals surface area contributed by atoms with Crippen LogP contribution in [0.25, 0.3) is 0 Å². The maximum atomic E-state index is 12.4. The molecular formula is C19H24N2O3. The highest BCUT2D eigenvalue weighted by molar-refractivity contribution is 5.81. The van der Waals surface area contributed by atoms with Crippen molar-refractivity contribution in [3.05, 3.63) is 60.2 Å². The van der Waals surface area contributed by atoms with Crippen molar-refractivity contribution in [3.63, 3.8) is 0 Å². The van der Waals surface area contributed by atoms with Crippen molar-refractivity contribution in [2.24, 2.45) is 0 Å². The molecule has 2 rings (SSSR count). The average molecular weight is 328 g/mol. The fraction of sp³-hybridized carbons (Fsp3) is 0.316. The number of hydrogen-bond donors (Lipinski definition) is 2. The SMILES string of the molecule is COc1ccccc1C(C)NC(=O)CN(CCO)c1ccccc1. The Kier molecular flexibility index (Phi) is 6.63. The molecule has 0 aliphatic rings. The van der Waals surface area contributed by atoms with Crippen LogP contribution < -0.4 is 15.0 Å². The quantitative estimate of drug-likeness (QED) is 0.781. The molecule has 0 aromatic heterocycles. The third kappa shape index (κ3) is 4.73. The summed E-state index contributed by atoms with van der Waals surface area (Å²) in [4.78, 5) is 14.3. The summed E-state index contributed by atoms with van der Waals surface area (Å²) in [5.41, 5.74) is 1.84. The van der Waals surface area contributed by atoms with Gasteiger partial charge in [-0.2, -0.15) is 0 Å². The van der Waals surface area contributed by atoms with E-state index in [1.807, 2.05) is 66.4 Å². The van der Waals surface area contributed by atoms with Gasteiger partial charge in [0.05, 0.1) is 26.3 Å². The zero-order valence-electron chi connectivity index (χ0n) is 14.1. The highest BCUT2D eigenvalue weighted by atomic mass is 16.5. The highest BCUT2D eigenvalue weighted by Crippen LogP contribution is 2.24. The summed E-state index contributed by atoms with van der Waals surface area (Å²) in [5.74, 6) is 0.645. The summed E-state index contributed by atoms with van der Waals surface area (Å²) in [7, 11) is 1.62. The van der Waals surface area contributed by atoms with E-state index >= 15 is 0 Å². The maximum absolute atomic E-state index is 12.4. The molecule has 1 atom stereocenters. The van der Waals surface area contributed by atoms with Crippen molar-refractivity contribution in [1.29, 1.82) is 0 Å². The third-order valence-electron chi connectivity index (χ3n) is 3.81. The van der Waals surface area contributed by atoms with Crippen LogP contribution in [0.15, 0.2) is 54.6 Å². The predicted octanol–water partition coefficient (Wildman–Crippen LogP) is 2.37. The highest BCUT2D eigenvalue weighted by Gasteiger charge is 2.16. The molecule has 0 saturated heterocycles. The van der Waals surface area contributed by atoms with Gasteiger partial charge in [-0.05, 0) is 25.1 Å². The van der Waals surface area contributed by atoms with Gasteiger partial charge in [-0.3, -0.25) is 4.79 Å². The minimum atomic E-state index is -0.166. The molecule has 0 aliphatic carbocycles. The van der Waals surface area contributed by atoms with Crippen molar-refractivity contribution in [2.45, 2.75) is 13.0 Å². The molecule has 2 N–H and O–H groups in total. The molecule has 1 amide bonds. The van der Waals surface area contributed by atoms with Gasteiger partial charge in [0, 0.05) is 17.8 Å². The Bertz CT molecular complexity index is 646. The lowest BCUT2D eigenvalue weighted by atomic mass is 10.1. The van der Waals surface area contributed by atoms with Crippen molar-refractivity contribution < 1.29 is 14.6 Å². The van der Waals surface area contributed by atoms with Crippen LogP contribution in [0, 0.1) is 0 Å². The molecule has 2 aromatic rings. The van der Waals surface area contributed by atoms with Gasteiger partial charge < -0.3 is 20.1 Å². The normalized spacial score (nSPS) is 11.6. The topological polar surface area (TPSA) is 61.8 Å². The number of carbonyl (C=O) groups excluding carboxylic acids is 1. The van der Waals surface area contributed by atoms with Crippen LogP contribution in [0.4, 0.5) is 5.69 Å². The number of anilines is 1. The molecule has 0 radical (unpaired) electrons. The number of ether oxygens (including phenoxy) is 1. The van der Waals surface area contributed by atoms with Crippen LogP contribution in [0.2, 0.25) is 0 Å². The fourth-order valence-electron chi connectivity index (χ4n) is 2.62. The summed E-state index contributed by atoms with van der Waals surface area (Å²) in [6.45, 7) is 2.50. The molecule has 0 bridgehead atoms. The zero-order chi connectivity index (χ0) is 17.4. The Balaban J connectivity index is 2.03. The number of rotatable bonds is 8. The van der Waals surface area contributed by atoms with Crippen molar-refractivity contribution in [2.75, 3.05) is 31.7 Å². The molecule has 0 saturated carbocycles. The molecule has 5 nitrogen and oxygen atoms in total. The molecule has 1 unspecified atom stereocenters. The fourth-order valence-corrected chi connectivity index (χ4v) is 2.62. The molecule has 2 aromatic carbocycles. The van der Waals surface area contributed by atoms with E-state index < -0.39 is 0 Å². The van der Waals surface area contributed by atoms with E-state index in [0.29, 0.717) is 6.54 Å². The van der Waals surface area contributed by atoms with Gasteiger partial charge >= 0.3 is 0 Å². The minimum Gasteiger partial charge on any atom is -0.496 e. The van der Waals surface area contributed by atoms with Crippen molar-refractivity contribution in [1.82, 2.24) is 5.32 Å². The van der Waals surface area contributed by atoms with E-state index in [4.69, 9.17) is 4.74 Å². The summed E-state index contributed by atoms with van der Waals surface area (Å²) in [6.07, 6.45) is 0. The number of aliphatic hydroxyl groups is 1. The predicted molar refractivity (Wildman–Crippen MR) is 95.3 cm³/mol. The van der Waals surface area contributed by atoms with E-state index in [-0.39, 0.29) is 25.1 Å². The van der Waals surface area contributed by atoms with E-state index in [2.05, 4.69) is 5.32 Å². The van der Waals surface area contributed by atoms with E-state index in [0.717, 1.165) is 17.0 Å². The number of carbonyl (C=O) groups is 1. The van der Waals surface area contributed by atoms with Gasteiger partial charge in [0.25, 0.3) is 0 Å². The van der Waals surface area contributed by atoms with Crippen molar-refractivity contribution >= 4 is 11.6 Å². The van der Waals surface area contributed by atoms with Crippen LogP contribution >= 0.6 is 0 Å². The number of aliphatic hydroxyl groups excluding tert-OH is 1. The lowest BCUT2D eigenvalue weighted by molar-refractivity contribution is -0.120. The van der Waals surface area contributed by atoms with E-state index in [9.17, 15) is 9.90 Å². The smallest absolute Gasteiger partial charge is 0.239 e. The molecule has 128 valence electrons. The molecule has 0 spiro atoms. The van der Waals surface area contributed by atoms with Gasteiger partial charge in [0.1, 0.15) is 5.75 Å². The number of methoxy groups -OCH3 is 1. The number of para-hydroxylation sites is 2. The van der Waals surface area contributed by atoms with Crippen LogP contribution in [0.1, 0.15) is 18.5 Å². The summed E-state index contributed by atoms with van der Waals surface area (Å²) >= 11 is 0. The second kappa shape index (κ2) is 8.93. The Morgan fingerprint density at radius 2 is 1.83 bits per heavy atom. The van der Waals surface area contributed by atoms with Gasteiger partial charge in [-0.15, -0.1) is 0 Å². The third-order valence-corrected chi connectivity index (χ3v) is 3.81. The lowest BCUT2D eigenvalue weighted by Crippen LogP contribution is -2.39. The molecular weight excluding hydrogens is 304 g/mol. The molecule has 0 aliphatic heterocycles. The first-order chi connectivity index (χ1) is 11.7. The van der Waals surface area contributed by atoms with Gasteiger partial charge in [-0.25, -0.2) is 0 Å². The van der Waals surface area contributed by atoms with Crippen molar-refractivity contribution in [3.8, 4) is 5.75 Å². The minimum absolute atomic E-state index is 0.00969. The molecule has 0 fully saturated rings. The first kappa shape index (κ1) is 17.8. The number of hydrogen-bond acceptors (Lipinski definition) is 4. The number of nitrogens with one attached hydrogen (secondary N) is 1.